The molecular weight excluding hydrogens is 398 g/mol. The summed E-state index contributed by atoms with van der Waals surface area (Å²) in [6, 6.07) is 24.5. The van der Waals surface area contributed by atoms with Crippen molar-refractivity contribution in [3.05, 3.63) is 106 Å². The number of aryl methyl sites for hydroxylation is 1. The van der Waals surface area contributed by atoms with Gasteiger partial charge in [-0.15, -0.1) is 0 Å². The number of para-hydroxylation sites is 1. The zero-order chi connectivity index (χ0) is 22.7. The number of nitrogens with zero attached hydrogens (tertiary/aromatic N) is 3. The predicted octanol–water partition coefficient (Wildman–Crippen LogP) is 4.71. The molecule has 0 bridgehead atoms. The molecule has 4 rings (SSSR count). The van der Waals surface area contributed by atoms with Crippen molar-refractivity contribution in [3.8, 4) is 5.69 Å². The van der Waals surface area contributed by atoms with Crippen LogP contribution in [0.5, 0.6) is 0 Å². The fourth-order valence-corrected chi connectivity index (χ4v) is 3.84. The Hall–Kier alpha value is -3.73. The lowest BCUT2D eigenvalue weighted by molar-refractivity contribution is -0.131. The van der Waals surface area contributed by atoms with E-state index in [0.29, 0.717) is 23.1 Å². The maximum absolute atomic E-state index is 13.5. The number of benzene rings is 3. The van der Waals surface area contributed by atoms with Gasteiger partial charge in [-0.05, 0) is 48.7 Å². The van der Waals surface area contributed by atoms with Crippen LogP contribution in [0, 0.1) is 0 Å². The van der Waals surface area contributed by atoms with E-state index in [2.05, 4.69) is 6.92 Å². The molecule has 1 atom stereocenters. The van der Waals surface area contributed by atoms with Crippen molar-refractivity contribution < 1.29 is 4.79 Å². The zero-order valence-corrected chi connectivity index (χ0v) is 18.7. The number of carbonyl (C=O) groups is 1. The van der Waals surface area contributed by atoms with Gasteiger partial charge in [-0.2, -0.15) is 0 Å². The predicted molar refractivity (Wildman–Crippen MR) is 128 cm³/mol. The summed E-state index contributed by atoms with van der Waals surface area (Å²) in [7, 11) is 1.77. The molecule has 1 heterocycles. The van der Waals surface area contributed by atoms with Crippen molar-refractivity contribution in [2.24, 2.45) is 0 Å². The highest BCUT2D eigenvalue weighted by Gasteiger charge is 2.24. The molecule has 0 N–H and O–H groups in total. The molecule has 0 radical (unpaired) electrons. The number of hydrogen-bond acceptors (Lipinski definition) is 3. The summed E-state index contributed by atoms with van der Waals surface area (Å²) in [5.41, 5.74) is 3.39. The van der Waals surface area contributed by atoms with Gasteiger partial charge >= 0.3 is 0 Å². The van der Waals surface area contributed by atoms with E-state index < -0.39 is 6.04 Å². The molecule has 0 aliphatic heterocycles. The molecule has 5 nitrogen and oxygen atoms in total. The van der Waals surface area contributed by atoms with Gasteiger partial charge in [-0.25, -0.2) is 4.98 Å². The van der Waals surface area contributed by atoms with Crippen LogP contribution in [-0.4, -0.2) is 27.4 Å². The summed E-state index contributed by atoms with van der Waals surface area (Å²) in [6.07, 6.45) is 1.22. The van der Waals surface area contributed by atoms with Crippen LogP contribution in [0.25, 0.3) is 16.6 Å². The van der Waals surface area contributed by atoms with Crippen molar-refractivity contribution in [2.75, 3.05) is 7.05 Å². The van der Waals surface area contributed by atoms with Gasteiger partial charge in [0.05, 0.1) is 29.1 Å². The second kappa shape index (κ2) is 9.18. The van der Waals surface area contributed by atoms with Gasteiger partial charge in [0, 0.05) is 7.05 Å². The lowest BCUT2D eigenvalue weighted by atomic mass is 10.1. The highest BCUT2D eigenvalue weighted by Crippen LogP contribution is 2.23. The molecule has 1 unspecified atom stereocenters. The molecule has 1 amide bonds. The Bertz CT molecular complexity index is 1290. The Morgan fingerprint density at radius 3 is 2.28 bits per heavy atom. The highest BCUT2D eigenvalue weighted by atomic mass is 16.2. The molecule has 0 fully saturated rings. The van der Waals surface area contributed by atoms with Crippen molar-refractivity contribution >= 4 is 16.8 Å². The SMILES string of the molecule is CCc1ccc(-n2c(C(C)N(C)C(=O)Cc3ccccc3)nc3ccccc3c2=O)cc1. The van der Waals surface area contributed by atoms with E-state index in [-0.39, 0.29) is 11.5 Å². The number of carbonyl (C=O) groups excluding carboxylic acids is 1. The van der Waals surface area contributed by atoms with Crippen LogP contribution in [0.1, 0.15) is 36.8 Å². The minimum atomic E-state index is -0.394. The maximum atomic E-state index is 13.5. The molecule has 4 aromatic rings. The van der Waals surface area contributed by atoms with Crippen LogP contribution in [0.2, 0.25) is 0 Å². The minimum Gasteiger partial charge on any atom is -0.336 e. The monoisotopic (exact) mass is 425 g/mol. The van der Waals surface area contributed by atoms with Crippen LogP contribution in [0.3, 0.4) is 0 Å². The molecule has 0 aliphatic carbocycles. The van der Waals surface area contributed by atoms with Crippen molar-refractivity contribution in [1.29, 1.82) is 0 Å². The maximum Gasteiger partial charge on any atom is 0.266 e. The van der Waals surface area contributed by atoms with Gasteiger partial charge in [0.25, 0.3) is 5.56 Å². The Morgan fingerprint density at radius 1 is 0.938 bits per heavy atom. The van der Waals surface area contributed by atoms with Crippen LogP contribution >= 0.6 is 0 Å². The largest absolute Gasteiger partial charge is 0.336 e. The summed E-state index contributed by atoms with van der Waals surface area (Å²) in [5.74, 6) is 0.515. The van der Waals surface area contributed by atoms with Gasteiger partial charge in [0.1, 0.15) is 5.82 Å². The molecule has 0 aliphatic rings. The topological polar surface area (TPSA) is 55.2 Å². The third kappa shape index (κ3) is 4.19. The lowest BCUT2D eigenvalue weighted by Crippen LogP contribution is -2.35. The Morgan fingerprint density at radius 2 is 1.59 bits per heavy atom. The highest BCUT2D eigenvalue weighted by molar-refractivity contribution is 5.80. The van der Waals surface area contributed by atoms with Crippen molar-refractivity contribution in [2.45, 2.75) is 32.7 Å². The fourth-order valence-electron chi connectivity index (χ4n) is 3.84. The zero-order valence-electron chi connectivity index (χ0n) is 18.7. The quantitative estimate of drug-likeness (QED) is 0.450. The van der Waals surface area contributed by atoms with E-state index in [1.807, 2.05) is 79.7 Å². The van der Waals surface area contributed by atoms with Gasteiger partial charge in [-0.3, -0.25) is 14.2 Å². The van der Waals surface area contributed by atoms with Crippen molar-refractivity contribution in [3.63, 3.8) is 0 Å². The van der Waals surface area contributed by atoms with Crippen LogP contribution in [-0.2, 0) is 17.6 Å². The molecular formula is C27H27N3O2. The Labute approximate surface area is 188 Å². The summed E-state index contributed by atoms with van der Waals surface area (Å²) in [4.78, 5) is 33.0. The molecule has 5 heteroatoms. The third-order valence-electron chi connectivity index (χ3n) is 5.95. The van der Waals surface area contributed by atoms with Crippen LogP contribution in [0.15, 0.2) is 83.7 Å². The molecule has 162 valence electrons. The molecule has 3 aromatic carbocycles. The second-order valence-electron chi connectivity index (χ2n) is 7.99. The lowest BCUT2D eigenvalue weighted by Gasteiger charge is -2.27. The molecule has 0 saturated carbocycles. The van der Waals surface area contributed by atoms with Gasteiger partial charge in [0.15, 0.2) is 0 Å². The molecule has 0 spiro atoms. The van der Waals surface area contributed by atoms with E-state index in [9.17, 15) is 9.59 Å². The van der Waals surface area contributed by atoms with Crippen LogP contribution < -0.4 is 5.56 Å². The molecule has 1 aromatic heterocycles. The third-order valence-corrected chi connectivity index (χ3v) is 5.95. The fraction of sp³-hybridized carbons (Fsp3) is 0.222. The van der Waals surface area contributed by atoms with Gasteiger partial charge in [-0.1, -0.05) is 61.5 Å². The summed E-state index contributed by atoms with van der Waals surface area (Å²) in [6.45, 7) is 4.01. The first-order chi connectivity index (χ1) is 15.5. The van der Waals surface area contributed by atoms with E-state index in [0.717, 1.165) is 17.7 Å². The minimum absolute atomic E-state index is 0.0287. The first kappa shape index (κ1) is 21.5. The Kier molecular flexibility index (Phi) is 6.17. The average molecular weight is 426 g/mol. The van der Waals surface area contributed by atoms with Gasteiger partial charge in [0.2, 0.25) is 5.91 Å². The first-order valence-electron chi connectivity index (χ1n) is 10.9. The average Bonchev–Trinajstić information content (AvgIpc) is 2.84. The molecule has 32 heavy (non-hydrogen) atoms. The summed E-state index contributed by atoms with van der Waals surface area (Å²) in [5, 5.41) is 0.557. The number of fused-ring (bicyclic) bond motifs is 1. The summed E-state index contributed by atoms with van der Waals surface area (Å²) < 4.78 is 1.64. The van der Waals surface area contributed by atoms with Gasteiger partial charge < -0.3 is 4.90 Å². The first-order valence-corrected chi connectivity index (χ1v) is 10.9. The Balaban J connectivity index is 1.79. The number of hydrogen-bond donors (Lipinski definition) is 0. The smallest absolute Gasteiger partial charge is 0.266 e. The van der Waals surface area contributed by atoms with Crippen molar-refractivity contribution in [1.82, 2.24) is 14.5 Å². The summed E-state index contributed by atoms with van der Waals surface area (Å²) >= 11 is 0. The second-order valence-corrected chi connectivity index (χ2v) is 7.99. The van der Waals surface area contributed by atoms with E-state index >= 15 is 0 Å². The van der Waals surface area contributed by atoms with E-state index in [1.54, 1.807) is 22.6 Å². The standard InChI is InChI=1S/C27H27N3O2/c1-4-20-14-16-22(17-15-20)30-26(28-24-13-9-8-12-23(24)27(30)32)19(2)29(3)25(31)18-21-10-6-5-7-11-21/h5-17,19H,4,18H2,1-3H3. The normalized spacial score (nSPS) is 12.0. The molecule has 0 saturated heterocycles. The number of aromatic nitrogens is 2. The number of rotatable bonds is 6. The number of amides is 1. The van der Waals surface area contributed by atoms with Crippen LogP contribution in [0.4, 0.5) is 0 Å². The van der Waals surface area contributed by atoms with E-state index in [1.165, 1.54) is 5.56 Å². The van der Waals surface area contributed by atoms with E-state index in [4.69, 9.17) is 4.98 Å². The number of likely N-dealkylation sites (N-methyl/N-ethyl adjacent to an activating group) is 1.